The molecule has 0 saturated heterocycles. The zero-order valence-corrected chi connectivity index (χ0v) is 13.5. The van der Waals surface area contributed by atoms with Gasteiger partial charge in [0.25, 0.3) is 0 Å². The van der Waals surface area contributed by atoms with Crippen LogP contribution in [0.2, 0.25) is 0 Å². The van der Waals surface area contributed by atoms with Crippen LogP contribution in [0.1, 0.15) is 29.9 Å². The lowest BCUT2D eigenvalue weighted by atomic mass is 9.86. The van der Waals surface area contributed by atoms with E-state index >= 15 is 0 Å². The fourth-order valence-electron chi connectivity index (χ4n) is 3.57. The Hall–Kier alpha value is -2.54. The first-order valence-corrected chi connectivity index (χ1v) is 8.28. The van der Waals surface area contributed by atoms with Gasteiger partial charge in [0.15, 0.2) is 0 Å². The van der Waals surface area contributed by atoms with E-state index < -0.39 is 0 Å². The summed E-state index contributed by atoms with van der Waals surface area (Å²) < 4.78 is 0. The third kappa shape index (κ3) is 2.33. The van der Waals surface area contributed by atoms with Gasteiger partial charge in [0.2, 0.25) is 0 Å². The van der Waals surface area contributed by atoms with Gasteiger partial charge in [0.1, 0.15) is 0 Å². The van der Waals surface area contributed by atoms with Crippen molar-refractivity contribution < 1.29 is 0 Å². The highest BCUT2D eigenvalue weighted by Gasteiger charge is 2.30. The molecule has 0 spiro atoms. The first kappa shape index (κ1) is 14.1. The molecule has 1 N–H and O–H groups in total. The zero-order valence-electron chi connectivity index (χ0n) is 13.5. The minimum absolute atomic E-state index is 0.680. The van der Waals surface area contributed by atoms with Gasteiger partial charge in [-0.15, -0.1) is 0 Å². The Morgan fingerprint density at radius 1 is 1.04 bits per heavy atom. The Balaban J connectivity index is 2.12. The van der Waals surface area contributed by atoms with Crippen molar-refractivity contribution in [3.8, 4) is 11.1 Å². The van der Waals surface area contributed by atoms with E-state index in [4.69, 9.17) is 0 Å². The van der Waals surface area contributed by atoms with Crippen LogP contribution >= 0.6 is 0 Å². The van der Waals surface area contributed by atoms with Crippen LogP contribution in [0.25, 0.3) is 28.0 Å². The van der Waals surface area contributed by atoms with E-state index in [2.05, 4.69) is 66.5 Å². The van der Waals surface area contributed by atoms with E-state index in [0.717, 1.165) is 0 Å². The lowest BCUT2D eigenvalue weighted by Gasteiger charge is -2.19. The molecule has 1 aliphatic rings. The second-order valence-electron chi connectivity index (χ2n) is 6.25. The Kier molecular flexibility index (Phi) is 3.42. The van der Waals surface area contributed by atoms with Crippen LogP contribution in [0.15, 0.2) is 61.2 Å². The minimum atomic E-state index is 0.680. The van der Waals surface area contributed by atoms with Gasteiger partial charge in [0, 0.05) is 18.3 Å². The van der Waals surface area contributed by atoms with Crippen molar-refractivity contribution in [3.63, 3.8) is 0 Å². The number of rotatable bonds is 4. The van der Waals surface area contributed by atoms with E-state index in [1.807, 2.05) is 13.1 Å². The molecule has 0 radical (unpaired) electrons. The molecular formula is C22H21N. The molecule has 3 aromatic carbocycles. The first-order chi connectivity index (χ1) is 11.3. The van der Waals surface area contributed by atoms with Crippen LogP contribution in [-0.2, 0) is 0 Å². The van der Waals surface area contributed by atoms with Gasteiger partial charge in [-0.3, -0.25) is 0 Å². The van der Waals surface area contributed by atoms with E-state index in [9.17, 15) is 0 Å². The second-order valence-corrected chi connectivity index (χ2v) is 6.25. The average Bonchev–Trinajstić information content (AvgIpc) is 3.44. The van der Waals surface area contributed by atoms with Gasteiger partial charge < -0.3 is 5.32 Å². The third-order valence-corrected chi connectivity index (χ3v) is 4.79. The van der Waals surface area contributed by atoms with Crippen LogP contribution in [-0.4, -0.2) is 7.05 Å². The maximum Gasteiger partial charge on any atom is 0.0417 e. The highest BCUT2D eigenvalue weighted by Crippen LogP contribution is 2.50. The summed E-state index contributed by atoms with van der Waals surface area (Å²) in [5.74, 6) is 0.680. The summed E-state index contributed by atoms with van der Waals surface area (Å²) in [5.41, 5.74) is 6.53. The van der Waals surface area contributed by atoms with Crippen molar-refractivity contribution >= 4 is 22.5 Å². The van der Waals surface area contributed by atoms with Gasteiger partial charge in [-0.2, -0.15) is 0 Å². The Morgan fingerprint density at radius 3 is 2.52 bits per heavy atom. The summed E-state index contributed by atoms with van der Waals surface area (Å²) in [7, 11) is 1.99. The number of para-hydroxylation sites is 1. The number of hydrogen-bond acceptors (Lipinski definition) is 1. The fraction of sp³-hybridized carbons (Fsp3) is 0.182. The van der Waals surface area contributed by atoms with Gasteiger partial charge in [-0.1, -0.05) is 55.1 Å². The molecule has 0 aromatic heterocycles. The van der Waals surface area contributed by atoms with Crippen molar-refractivity contribution in [1.82, 2.24) is 0 Å². The predicted molar refractivity (Wildman–Crippen MR) is 101 cm³/mol. The number of nitrogens with one attached hydrogen (secondary N) is 1. The molecule has 1 nitrogen and oxygen atoms in total. The van der Waals surface area contributed by atoms with Gasteiger partial charge in [-0.25, -0.2) is 0 Å². The van der Waals surface area contributed by atoms with E-state index in [0.29, 0.717) is 5.92 Å². The molecule has 1 heteroatoms. The number of benzene rings is 3. The summed E-state index contributed by atoms with van der Waals surface area (Å²) >= 11 is 0. The van der Waals surface area contributed by atoms with Crippen molar-refractivity contribution in [2.45, 2.75) is 18.8 Å². The molecule has 1 aliphatic carbocycles. The van der Waals surface area contributed by atoms with Crippen LogP contribution in [0.4, 0.5) is 5.69 Å². The molecule has 3 aromatic rings. The minimum Gasteiger partial charge on any atom is -0.388 e. The van der Waals surface area contributed by atoms with Crippen molar-refractivity contribution in [2.75, 3.05) is 12.4 Å². The standard InChI is InChI=1S/C22H21N/c1-3-15-14-17-8-4-5-9-18(17)22(16-12-13-16)21(15)19-10-6-7-11-20(19)23-2/h3-11,14,16,23H,1,12-13H2,2H3. The number of fused-ring (bicyclic) bond motifs is 1. The smallest absolute Gasteiger partial charge is 0.0417 e. The fourth-order valence-corrected chi connectivity index (χ4v) is 3.57. The normalized spacial score (nSPS) is 14.0. The maximum absolute atomic E-state index is 4.08. The van der Waals surface area contributed by atoms with E-state index in [-0.39, 0.29) is 0 Å². The zero-order chi connectivity index (χ0) is 15.8. The summed E-state index contributed by atoms with van der Waals surface area (Å²) in [6, 6.07) is 19.6. The molecule has 1 fully saturated rings. The Labute approximate surface area is 137 Å². The predicted octanol–water partition coefficient (Wildman–Crippen LogP) is 6.07. The highest BCUT2D eigenvalue weighted by molar-refractivity contribution is 5.99. The van der Waals surface area contributed by atoms with E-state index in [1.54, 1.807) is 0 Å². The van der Waals surface area contributed by atoms with E-state index in [1.165, 1.54) is 51.6 Å². The quantitative estimate of drug-likeness (QED) is 0.616. The topological polar surface area (TPSA) is 12.0 Å². The van der Waals surface area contributed by atoms with Crippen LogP contribution < -0.4 is 5.32 Å². The molecule has 0 aliphatic heterocycles. The monoisotopic (exact) mass is 299 g/mol. The Morgan fingerprint density at radius 2 is 1.78 bits per heavy atom. The molecular weight excluding hydrogens is 278 g/mol. The van der Waals surface area contributed by atoms with Crippen molar-refractivity contribution in [1.29, 1.82) is 0 Å². The summed E-state index contributed by atoms with van der Waals surface area (Å²) in [6.45, 7) is 4.08. The average molecular weight is 299 g/mol. The third-order valence-electron chi connectivity index (χ3n) is 4.79. The molecule has 0 unspecified atom stereocenters. The van der Waals surface area contributed by atoms with Gasteiger partial charge in [-0.05, 0) is 58.4 Å². The first-order valence-electron chi connectivity index (χ1n) is 8.28. The molecule has 4 rings (SSSR count). The van der Waals surface area contributed by atoms with Crippen molar-refractivity contribution in [3.05, 3.63) is 72.3 Å². The van der Waals surface area contributed by atoms with Crippen LogP contribution in [0.5, 0.6) is 0 Å². The Bertz CT molecular complexity index is 888. The maximum atomic E-state index is 4.08. The molecule has 0 heterocycles. The summed E-state index contributed by atoms with van der Waals surface area (Å²) in [6.07, 6.45) is 4.58. The largest absolute Gasteiger partial charge is 0.388 e. The molecule has 23 heavy (non-hydrogen) atoms. The molecule has 0 amide bonds. The van der Waals surface area contributed by atoms with Gasteiger partial charge >= 0.3 is 0 Å². The van der Waals surface area contributed by atoms with Gasteiger partial charge in [0.05, 0.1) is 0 Å². The van der Waals surface area contributed by atoms with Crippen molar-refractivity contribution in [2.24, 2.45) is 0 Å². The number of anilines is 1. The lowest BCUT2D eigenvalue weighted by Crippen LogP contribution is -1.98. The molecule has 0 atom stereocenters. The highest BCUT2D eigenvalue weighted by atomic mass is 14.8. The molecule has 0 bridgehead atoms. The molecule has 114 valence electrons. The SMILES string of the molecule is C=Cc1cc2ccccc2c(C2CC2)c1-c1ccccc1NC. The lowest BCUT2D eigenvalue weighted by molar-refractivity contribution is 1.15. The molecule has 1 saturated carbocycles. The summed E-state index contributed by atoms with van der Waals surface area (Å²) in [4.78, 5) is 0. The number of hydrogen-bond donors (Lipinski definition) is 1. The van der Waals surface area contributed by atoms with Crippen LogP contribution in [0, 0.1) is 0 Å². The van der Waals surface area contributed by atoms with Crippen LogP contribution in [0.3, 0.4) is 0 Å². The summed E-state index contributed by atoms with van der Waals surface area (Å²) in [5, 5.41) is 6.05. The second kappa shape index (κ2) is 5.58.